The summed E-state index contributed by atoms with van der Waals surface area (Å²) in [6.45, 7) is 1.43. The van der Waals surface area contributed by atoms with Gasteiger partial charge in [-0.05, 0) is 36.8 Å². The van der Waals surface area contributed by atoms with Gasteiger partial charge in [0.2, 0.25) is 0 Å². The second-order valence-electron chi connectivity index (χ2n) is 6.31. The van der Waals surface area contributed by atoms with Crippen LogP contribution < -0.4 is 10.2 Å². The summed E-state index contributed by atoms with van der Waals surface area (Å²) < 4.78 is 28.8. The lowest BCUT2D eigenvalue weighted by Crippen LogP contribution is -2.37. The smallest absolute Gasteiger partial charge is 0.272 e. The maximum absolute atomic E-state index is 13.9. The molecular formula is C19H17F2N5O. The Morgan fingerprint density at radius 3 is 2.67 bits per heavy atom. The predicted molar refractivity (Wildman–Crippen MR) is 95.8 cm³/mol. The number of para-hydroxylation sites is 1. The molecule has 1 N–H and O–H groups in total. The zero-order valence-electron chi connectivity index (χ0n) is 14.3. The van der Waals surface area contributed by atoms with Gasteiger partial charge in [0.05, 0.1) is 0 Å². The zero-order chi connectivity index (χ0) is 18.8. The molecule has 0 radical (unpaired) electrons. The highest BCUT2D eigenvalue weighted by Crippen LogP contribution is 2.19. The summed E-state index contributed by atoms with van der Waals surface area (Å²) in [6, 6.07) is 10.7. The van der Waals surface area contributed by atoms with E-state index in [2.05, 4.69) is 20.3 Å². The molecule has 8 heteroatoms. The van der Waals surface area contributed by atoms with Crippen molar-refractivity contribution in [1.82, 2.24) is 20.1 Å². The first-order valence-electron chi connectivity index (χ1n) is 8.59. The van der Waals surface area contributed by atoms with Crippen molar-refractivity contribution >= 4 is 11.7 Å². The van der Waals surface area contributed by atoms with Crippen LogP contribution in [0.5, 0.6) is 0 Å². The van der Waals surface area contributed by atoms with Crippen molar-refractivity contribution in [2.24, 2.45) is 0 Å². The number of nitrogens with one attached hydrogen (secondary N) is 1. The van der Waals surface area contributed by atoms with Crippen LogP contribution in [0.4, 0.5) is 14.6 Å². The number of benzene rings is 1. The molecule has 27 heavy (non-hydrogen) atoms. The van der Waals surface area contributed by atoms with Crippen LogP contribution in [0.3, 0.4) is 0 Å². The van der Waals surface area contributed by atoms with Crippen molar-refractivity contribution in [1.29, 1.82) is 0 Å². The highest BCUT2D eigenvalue weighted by Gasteiger charge is 2.26. The molecular weight excluding hydrogens is 352 g/mol. The number of pyridine rings is 1. The first-order chi connectivity index (χ1) is 13.1. The van der Waals surface area contributed by atoms with Crippen LogP contribution in [0.25, 0.3) is 5.69 Å². The minimum absolute atomic E-state index is 0.0464. The van der Waals surface area contributed by atoms with Crippen LogP contribution in [-0.4, -0.2) is 39.8 Å². The van der Waals surface area contributed by atoms with Crippen molar-refractivity contribution in [2.45, 2.75) is 12.5 Å². The molecule has 0 saturated carbocycles. The predicted octanol–water partition coefficient (Wildman–Crippen LogP) is 2.55. The van der Waals surface area contributed by atoms with E-state index in [4.69, 9.17) is 0 Å². The minimum Gasteiger partial charge on any atom is -0.354 e. The summed E-state index contributed by atoms with van der Waals surface area (Å²) in [5.74, 6) is -0.995. The third-order valence-corrected chi connectivity index (χ3v) is 4.49. The first-order valence-corrected chi connectivity index (χ1v) is 8.59. The number of rotatable bonds is 4. The lowest BCUT2D eigenvalue weighted by Gasteiger charge is -2.17. The van der Waals surface area contributed by atoms with Crippen LogP contribution in [0, 0.1) is 11.6 Å². The Morgan fingerprint density at radius 2 is 1.93 bits per heavy atom. The van der Waals surface area contributed by atoms with Crippen LogP contribution in [0.1, 0.15) is 16.9 Å². The fourth-order valence-corrected chi connectivity index (χ4v) is 3.16. The fourth-order valence-electron chi connectivity index (χ4n) is 3.16. The van der Waals surface area contributed by atoms with Gasteiger partial charge in [-0.1, -0.05) is 12.1 Å². The van der Waals surface area contributed by atoms with Crippen molar-refractivity contribution in [3.05, 3.63) is 72.2 Å². The van der Waals surface area contributed by atoms with Crippen molar-refractivity contribution in [3.8, 4) is 5.69 Å². The normalized spacial score (nSPS) is 16.5. The van der Waals surface area contributed by atoms with Crippen molar-refractivity contribution in [2.75, 3.05) is 18.0 Å². The number of anilines is 1. The molecule has 1 aliphatic heterocycles. The molecule has 1 atom stereocenters. The van der Waals surface area contributed by atoms with Crippen molar-refractivity contribution < 1.29 is 13.6 Å². The number of hydrogen-bond acceptors (Lipinski definition) is 4. The Bertz CT molecular complexity index is 939. The molecule has 3 heterocycles. The molecule has 6 nitrogen and oxygen atoms in total. The van der Waals surface area contributed by atoms with E-state index in [1.807, 2.05) is 18.2 Å². The third-order valence-electron chi connectivity index (χ3n) is 4.49. The summed E-state index contributed by atoms with van der Waals surface area (Å²) in [7, 11) is 0. The van der Waals surface area contributed by atoms with Crippen LogP contribution in [0.2, 0.25) is 0 Å². The number of carbonyl (C=O) groups excluding carboxylic acids is 1. The maximum atomic E-state index is 13.9. The summed E-state index contributed by atoms with van der Waals surface area (Å²) in [6.07, 6.45) is 3.88. The molecule has 3 aromatic rings. The SMILES string of the molecule is O=C(NC1CCN(c2ccccn2)C1)c1ccn(-c2c(F)cccc2F)n1. The highest BCUT2D eigenvalue weighted by molar-refractivity contribution is 5.92. The Kier molecular flexibility index (Phi) is 4.53. The van der Waals surface area contributed by atoms with Gasteiger partial charge >= 0.3 is 0 Å². The molecule has 1 aliphatic rings. The van der Waals surface area contributed by atoms with Gasteiger partial charge in [-0.15, -0.1) is 0 Å². The Balaban J connectivity index is 1.43. The van der Waals surface area contributed by atoms with Crippen LogP contribution in [0.15, 0.2) is 54.9 Å². The molecule has 1 aromatic carbocycles. The van der Waals surface area contributed by atoms with Gasteiger partial charge in [0, 0.05) is 31.5 Å². The highest BCUT2D eigenvalue weighted by atomic mass is 19.1. The van der Waals surface area contributed by atoms with E-state index in [0.717, 1.165) is 35.6 Å². The van der Waals surface area contributed by atoms with E-state index in [-0.39, 0.29) is 23.3 Å². The van der Waals surface area contributed by atoms with Crippen LogP contribution >= 0.6 is 0 Å². The maximum Gasteiger partial charge on any atom is 0.272 e. The molecule has 0 aliphatic carbocycles. The molecule has 0 spiro atoms. The second kappa shape index (κ2) is 7.14. The molecule has 138 valence electrons. The Morgan fingerprint density at radius 1 is 1.11 bits per heavy atom. The van der Waals surface area contributed by atoms with E-state index in [0.29, 0.717) is 6.54 Å². The Hall–Kier alpha value is -3.29. The quantitative estimate of drug-likeness (QED) is 0.768. The summed E-state index contributed by atoms with van der Waals surface area (Å²) in [4.78, 5) is 18.9. The fraction of sp³-hybridized carbons (Fsp3) is 0.211. The summed E-state index contributed by atoms with van der Waals surface area (Å²) in [5, 5.41) is 6.94. The minimum atomic E-state index is -0.744. The average molecular weight is 369 g/mol. The number of hydrogen-bond donors (Lipinski definition) is 1. The lowest BCUT2D eigenvalue weighted by atomic mass is 10.2. The molecule has 1 saturated heterocycles. The van der Waals surface area contributed by atoms with Crippen molar-refractivity contribution in [3.63, 3.8) is 0 Å². The van der Waals surface area contributed by atoms with E-state index >= 15 is 0 Å². The van der Waals surface area contributed by atoms with Gasteiger partial charge in [0.25, 0.3) is 5.91 Å². The monoisotopic (exact) mass is 369 g/mol. The number of aromatic nitrogens is 3. The number of carbonyl (C=O) groups is 1. The molecule has 0 bridgehead atoms. The Labute approximate surface area is 154 Å². The molecule has 2 aromatic heterocycles. The van der Waals surface area contributed by atoms with Gasteiger partial charge in [0.15, 0.2) is 17.3 Å². The molecule has 1 unspecified atom stereocenters. The summed E-state index contributed by atoms with van der Waals surface area (Å²) >= 11 is 0. The van der Waals surface area contributed by atoms with Gasteiger partial charge in [-0.2, -0.15) is 5.10 Å². The first kappa shape index (κ1) is 17.1. The van der Waals surface area contributed by atoms with Crippen LogP contribution in [-0.2, 0) is 0 Å². The van der Waals surface area contributed by atoms with Gasteiger partial charge in [0.1, 0.15) is 11.5 Å². The summed E-state index contributed by atoms with van der Waals surface area (Å²) in [5.41, 5.74) is -0.201. The average Bonchev–Trinajstić information content (AvgIpc) is 3.32. The van der Waals surface area contributed by atoms with E-state index in [9.17, 15) is 13.6 Å². The van der Waals surface area contributed by atoms with Gasteiger partial charge < -0.3 is 10.2 Å². The molecule has 1 amide bonds. The number of halogens is 2. The van der Waals surface area contributed by atoms with E-state index < -0.39 is 11.6 Å². The van der Waals surface area contributed by atoms with Gasteiger partial charge in [-0.3, -0.25) is 4.79 Å². The molecule has 1 fully saturated rings. The number of nitrogens with zero attached hydrogens (tertiary/aromatic N) is 4. The topological polar surface area (TPSA) is 63.1 Å². The van der Waals surface area contributed by atoms with E-state index in [1.165, 1.54) is 18.3 Å². The largest absolute Gasteiger partial charge is 0.354 e. The zero-order valence-corrected chi connectivity index (χ0v) is 14.3. The second-order valence-corrected chi connectivity index (χ2v) is 6.31. The van der Waals surface area contributed by atoms with Gasteiger partial charge in [-0.25, -0.2) is 18.4 Å². The third kappa shape index (κ3) is 3.51. The number of amides is 1. The lowest BCUT2D eigenvalue weighted by molar-refractivity contribution is 0.0935. The van der Waals surface area contributed by atoms with E-state index in [1.54, 1.807) is 6.20 Å². The molecule has 4 rings (SSSR count). The standard InChI is InChI=1S/C19H17F2N5O/c20-14-4-3-5-15(21)18(14)26-11-8-16(24-26)19(27)23-13-7-10-25(12-13)17-6-1-2-9-22-17/h1-6,8-9,11,13H,7,10,12H2,(H,23,27).